The highest BCUT2D eigenvalue weighted by Crippen LogP contribution is 2.20. The number of hydrogen-bond acceptors (Lipinski definition) is 5. The normalized spacial score (nSPS) is 11.3. The Morgan fingerprint density at radius 2 is 1.36 bits per heavy atom. The molecule has 0 N–H and O–H groups in total. The molecule has 0 aliphatic heterocycles. The fourth-order valence-electron chi connectivity index (χ4n) is 2.65. The third kappa shape index (κ3) is 4.49. The van der Waals surface area contributed by atoms with Crippen LogP contribution in [0.1, 0.15) is 26.3 Å². The smallest absolute Gasteiger partial charge is 0.377 e. The van der Waals surface area contributed by atoms with Crippen molar-refractivity contribution in [3.05, 3.63) is 71.3 Å². The Bertz CT molecular complexity index is 717. The van der Waals surface area contributed by atoms with Crippen LogP contribution in [0.4, 0.5) is 0 Å². The van der Waals surface area contributed by atoms with E-state index in [0.717, 1.165) is 5.56 Å². The van der Waals surface area contributed by atoms with Crippen molar-refractivity contribution in [3.8, 4) is 0 Å². The van der Waals surface area contributed by atoms with E-state index in [-0.39, 0.29) is 0 Å². The van der Waals surface area contributed by atoms with Gasteiger partial charge in [0.1, 0.15) is 0 Å². The van der Waals surface area contributed by atoms with E-state index in [0.29, 0.717) is 23.6 Å². The topological polar surface area (TPSA) is 61.8 Å². The summed E-state index contributed by atoms with van der Waals surface area (Å²) in [6.07, 6.45) is 0.520. The maximum absolute atomic E-state index is 12.7. The Morgan fingerprint density at radius 3 is 1.96 bits per heavy atom. The number of ketones is 2. The zero-order valence-corrected chi connectivity index (χ0v) is 15.7. The summed E-state index contributed by atoms with van der Waals surface area (Å²) < 4.78 is 16.3. The van der Waals surface area contributed by atoms with Crippen molar-refractivity contribution in [1.82, 2.24) is 0 Å². The number of rotatable bonds is 9. The Kier molecular flexibility index (Phi) is 6.78. The van der Waals surface area contributed by atoms with E-state index >= 15 is 0 Å². The van der Waals surface area contributed by atoms with Crippen molar-refractivity contribution in [1.29, 1.82) is 0 Å². The molecule has 0 atom stereocenters. The molecular weight excluding hydrogens is 336 g/mol. The van der Waals surface area contributed by atoms with Crippen LogP contribution >= 0.6 is 0 Å². The summed E-state index contributed by atoms with van der Waals surface area (Å²) >= 11 is 0. The Hall–Kier alpha value is -2.12. The molecule has 0 saturated carbocycles. The zero-order valence-electron chi connectivity index (χ0n) is 14.7. The lowest BCUT2D eigenvalue weighted by Crippen LogP contribution is -2.43. The molecule has 0 aromatic heterocycles. The molecule has 2 rings (SSSR count). The van der Waals surface area contributed by atoms with Crippen LogP contribution in [0.3, 0.4) is 0 Å². The van der Waals surface area contributed by atoms with Crippen molar-refractivity contribution in [2.75, 3.05) is 21.3 Å². The molecule has 0 aliphatic carbocycles. The first kappa shape index (κ1) is 19.2. The molecule has 0 fully saturated rings. The third-order valence-corrected chi connectivity index (χ3v) is 6.87. The van der Waals surface area contributed by atoms with E-state index in [9.17, 15) is 9.59 Å². The lowest BCUT2D eigenvalue weighted by molar-refractivity contribution is 0.0816. The first-order chi connectivity index (χ1) is 12.1. The maximum atomic E-state index is 12.7. The second kappa shape index (κ2) is 8.82. The van der Waals surface area contributed by atoms with Gasteiger partial charge in [0.15, 0.2) is 0 Å². The molecular formula is C19H22O5Si. The summed E-state index contributed by atoms with van der Waals surface area (Å²) in [4.78, 5) is 25.1. The highest BCUT2D eigenvalue weighted by molar-refractivity contribution is 6.60. The van der Waals surface area contributed by atoms with Crippen LogP contribution in [0.15, 0.2) is 54.6 Å². The van der Waals surface area contributed by atoms with Gasteiger partial charge in [-0.25, -0.2) is 0 Å². The quantitative estimate of drug-likeness (QED) is 0.391. The van der Waals surface area contributed by atoms with Crippen molar-refractivity contribution in [3.63, 3.8) is 0 Å². The van der Waals surface area contributed by atoms with Crippen LogP contribution in [0.25, 0.3) is 0 Å². The molecule has 0 saturated heterocycles. The average Bonchev–Trinajstić information content (AvgIpc) is 2.69. The summed E-state index contributed by atoms with van der Waals surface area (Å²) in [6, 6.07) is 16.2. The lowest BCUT2D eigenvalue weighted by atomic mass is 9.96. The van der Waals surface area contributed by atoms with Crippen molar-refractivity contribution in [2.24, 2.45) is 0 Å². The first-order valence-corrected chi connectivity index (χ1v) is 9.87. The van der Waals surface area contributed by atoms with Gasteiger partial charge in [-0.15, -0.1) is 0 Å². The summed E-state index contributed by atoms with van der Waals surface area (Å²) in [6.45, 7) is 0. The van der Waals surface area contributed by atoms with Crippen molar-refractivity contribution >= 4 is 20.4 Å². The van der Waals surface area contributed by atoms with Gasteiger partial charge in [0, 0.05) is 38.5 Å². The summed E-state index contributed by atoms with van der Waals surface area (Å²) in [5, 5.41) is 0. The molecule has 0 amide bonds. The van der Waals surface area contributed by atoms with Crippen LogP contribution in [0, 0.1) is 0 Å². The van der Waals surface area contributed by atoms with E-state index in [2.05, 4.69) is 0 Å². The average molecular weight is 358 g/mol. The zero-order chi connectivity index (χ0) is 18.3. The van der Waals surface area contributed by atoms with E-state index in [1.165, 1.54) is 0 Å². The minimum atomic E-state index is -2.75. The molecule has 2 aromatic carbocycles. The predicted octanol–water partition coefficient (Wildman–Crippen LogP) is 3.17. The van der Waals surface area contributed by atoms with Crippen LogP contribution in [-0.2, 0) is 19.7 Å². The van der Waals surface area contributed by atoms with E-state index in [1.54, 1.807) is 63.8 Å². The fraction of sp³-hybridized carbons (Fsp3) is 0.263. The molecule has 25 heavy (non-hydrogen) atoms. The van der Waals surface area contributed by atoms with Gasteiger partial charge in [-0.1, -0.05) is 54.6 Å². The van der Waals surface area contributed by atoms with E-state index in [4.69, 9.17) is 13.3 Å². The number of aryl methyl sites for hydroxylation is 1. The van der Waals surface area contributed by atoms with Gasteiger partial charge >= 0.3 is 8.80 Å². The number of hydrogen-bond donors (Lipinski definition) is 0. The fourth-order valence-corrected chi connectivity index (χ4v) is 4.33. The minimum absolute atomic E-state index is 0.386. The Labute approximate surface area is 148 Å². The Balaban J connectivity index is 2.23. The molecule has 0 aliphatic rings. The van der Waals surface area contributed by atoms with Crippen LogP contribution < -0.4 is 0 Å². The molecule has 0 bridgehead atoms. The van der Waals surface area contributed by atoms with Gasteiger partial charge in [-0.2, -0.15) is 0 Å². The molecule has 0 heterocycles. The number of carbonyl (C=O) groups excluding carboxylic acids is 2. The summed E-state index contributed by atoms with van der Waals surface area (Å²) in [5.74, 6) is -1.02. The van der Waals surface area contributed by atoms with Crippen molar-refractivity contribution < 1.29 is 22.9 Å². The maximum Gasteiger partial charge on any atom is 0.500 e. The number of carbonyl (C=O) groups is 2. The molecule has 2 aromatic rings. The number of Topliss-reactive ketones (excluding diaryl/α,β-unsaturated/α-hetero) is 2. The van der Waals surface area contributed by atoms with Crippen LogP contribution in [0.5, 0.6) is 0 Å². The van der Waals surface area contributed by atoms with E-state index in [1.807, 2.05) is 12.1 Å². The van der Waals surface area contributed by atoms with Crippen molar-refractivity contribution in [2.45, 2.75) is 12.5 Å². The second-order valence-electron chi connectivity index (χ2n) is 5.48. The van der Waals surface area contributed by atoms with Gasteiger partial charge in [-0.05, 0) is 12.0 Å². The van der Waals surface area contributed by atoms with Gasteiger partial charge in [0.25, 0.3) is 0 Å². The molecule has 0 spiro atoms. The SMILES string of the molecule is CO[Si](CCc1ccccc1C(=O)C(=O)c1ccccc1)(OC)OC. The molecule has 0 unspecified atom stereocenters. The highest BCUT2D eigenvalue weighted by atomic mass is 28.4. The Morgan fingerprint density at radius 1 is 0.800 bits per heavy atom. The van der Waals surface area contributed by atoms with Gasteiger partial charge in [-0.3, -0.25) is 9.59 Å². The largest absolute Gasteiger partial charge is 0.500 e. The van der Waals surface area contributed by atoms with Gasteiger partial charge < -0.3 is 13.3 Å². The summed E-state index contributed by atoms with van der Waals surface area (Å²) in [5.41, 5.74) is 1.57. The van der Waals surface area contributed by atoms with Gasteiger partial charge in [0.2, 0.25) is 11.6 Å². The molecule has 6 heteroatoms. The van der Waals surface area contributed by atoms with Crippen LogP contribution in [0.2, 0.25) is 6.04 Å². The monoisotopic (exact) mass is 358 g/mol. The molecule has 0 radical (unpaired) electrons. The van der Waals surface area contributed by atoms with Gasteiger partial charge in [0.05, 0.1) is 0 Å². The third-order valence-electron chi connectivity index (χ3n) is 4.14. The minimum Gasteiger partial charge on any atom is -0.377 e. The molecule has 132 valence electrons. The van der Waals surface area contributed by atoms with Crippen LogP contribution in [-0.4, -0.2) is 41.7 Å². The van der Waals surface area contributed by atoms with E-state index < -0.39 is 20.4 Å². The highest BCUT2D eigenvalue weighted by Gasteiger charge is 2.37. The number of benzene rings is 2. The summed E-state index contributed by atoms with van der Waals surface area (Å²) in [7, 11) is 1.91. The first-order valence-electron chi connectivity index (χ1n) is 7.94. The lowest BCUT2D eigenvalue weighted by Gasteiger charge is -2.24. The standard InChI is InChI=1S/C19H22O5Si/c1-22-25(23-2,24-3)14-13-15-9-7-8-12-17(15)19(21)18(20)16-10-5-4-6-11-16/h4-12H,13-14H2,1-3H3. The second-order valence-corrected chi connectivity index (χ2v) is 8.57. The predicted molar refractivity (Wildman–Crippen MR) is 96.8 cm³/mol. The molecule has 5 nitrogen and oxygen atoms in total.